The lowest BCUT2D eigenvalue weighted by Gasteiger charge is -1.98. The topological polar surface area (TPSA) is 37.3 Å². The molecule has 88 valence electrons. The number of thiophene rings is 1. The third kappa shape index (κ3) is 1.77. The van der Waals surface area contributed by atoms with Crippen molar-refractivity contribution >= 4 is 17.3 Å². The van der Waals surface area contributed by atoms with Gasteiger partial charge in [0.25, 0.3) is 0 Å². The van der Waals surface area contributed by atoms with Gasteiger partial charge in [-0.3, -0.25) is 4.79 Å². The summed E-state index contributed by atoms with van der Waals surface area (Å²) in [6.45, 7) is 6.27. The van der Waals surface area contributed by atoms with Crippen LogP contribution in [-0.4, -0.2) is 11.1 Å². The largest absolute Gasteiger partial charge is 0.481 e. The maximum Gasteiger partial charge on any atom is 0.307 e. The highest BCUT2D eigenvalue weighted by atomic mass is 32.1. The predicted molar refractivity (Wildman–Crippen MR) is 66.0 cm³/mol. The van der Waals surface area contributed by atoms with Gasteiger partial charge in [0.2, 0.25) is 0 Å². The van der Waals surface area contributed by atoms with E-state index in [1.807, 2.05) is 0 Å². The molecule has 1 fully saturated rings. The average molecular weight is 238 g/mol. The molecule has 0 radical (unpaired) electrons. The van der Waals surface area contributed by atoms with E-state index in [0.717, 1.165) is 12.8 Å². The first kappa shape index (κ1) is 11.6. The summed E-state index contributed by atoms with van der Waals surface area (Å²) in [5, 5.41) is 9.14. The number of carboxylic acids is 1. The molecule has 0 aromatic carbocycles. The van der Waals surface area contributed by atoms with Crippen molar-refractivity contribution in [1.29, 1.82) is 0 Å². The molecule has 1 aliphatic carbocycles. The van der Waals surface area contributed by atoms with Crippen molar-refractivity contribution in [3.05, 3.63) is 21.9 Å². The van der Waals surface area contributed by atoms with Crippen molar-refractivity contribution in [3.8, 4) is 0 Å². The van der Waals surface area contributed by atoms with Gasteiger partial charge in [0, 0.05) is 15.7 Å². The van der Waals surface area contributed by atoms with E-state index in [0.29, 0.717) is 0 Å². The molecular weight excluding hydrogens is 220 g/mol. The fourth-order valence-corrected chi connectivity index (χ4v) is 4.02. The van der Waals surface area contributed by atoms with Crippen LogP contribution < -0.4 is 0 Å². The zero-order valence-electron chi connectivity index (χ0n) is 9.99. The number of hydrogen-bond acceptors (Lipinski definition) is 2. The monoisotopic (exact) mass is 238 g/mol. The van der Waals surface area contributed by atoms with E-state index in [1.54, 1.807) is 11.3 Å². The van der Waals surface area contributed by atoms with E-state index in [-0.39, 0.29) is 17.3 Å². The van der Waals surface area contributed by atoms with Crippen LogP contribution in [0.5, 0.6) is 0 Å². The van der Waals surface area contributed by atoms with Crippen LogP contribution in [0.4, 0.5) is 0 Å². The van der Waals surface area contributed by atoms with Crippen LogP contribution in [0.25, 0.3) is 0 Å². The molecule has 0 spiro atoms. The highest BCUT2D eigenvalue weighted by Gasteiger charge is 2.63. The minimum absolute atomic E-state index is 0.0693. The van der Waals surface area contributed by atoms with Gasteiger partial charge in [0.05, 0.1) is 5.92 Å². The van der Waals surface area contributed by atoms with Gasteiger partial charge in [-0.1, -0.05) is 27.2 Å². The molecule has 16 heavy (non-hydrogen) atoms. The molecular formula is C13H18O2S. The first-order valence-electron chi connectivity index (χ1n) is 5.80. The first-order valence-corrected chi connectivity index (χ1v) is 6.61. The van der Waals surface area contributed by atoms with Crippen molar-refractivity contribution in [3.63, 3.8) is 0 Å². The SMILES string of the molecule is CCCc1ccc(C2C(C(=O)O)C2(C)C)s1. The van der Waals surface area contributed by atoms with Crippen LogP contribution in [0.2, 0.25) is 0 Å². The Morgan fingerprint density at radius 3 is 2.69 bits per heavy atom. The molecule has 1 aromatic heterocycles. The Morgan fingerprint density at radius 2 is 2.19 bits per heavy atom. The minimum atomic E-state index is -0.652. The summed E-state index contributed by atoms with van der Waals surface area (Å²) in [6, 6.07) is 4.27. The summed E-state index contributed by atoms with van der Waals surface area (Å²) in [5.74, 6) is -0.623. The van der Waals surface area contributed by atoms with Crippen molar-refractivity contribution in [2.24, 2.45) is 11.3 Å². The molecule has 1 heterocycles. The van der Waals surface area contributed by atoms with Gasteiger partial charge in [0.1, 0.15) is 0 Å². The standard InChI is InChI=1S/C13H18O2S/c1-4-5-8-6-7-9(16-8)10-11(12(14)15)13(10,2)3/h6-7,10-11H,4-5H2,1-3H3,(H,14,15). The molecule has 1 N–H and O–H groups in total. The molecule has 0 bridgehead atoms. The minimum Gasteiger partial charge on any atom is -0.481 e. The van der Waals surface area contributed by atoms with Gasteiger partial charge in [-0.25, -0.2) is 0 Å². The molecule has 0 aliphatic heterocycles. The molecule has 3 heteroatoms. The molecule has 2 unspecified atom stereocenters. The normalized spacial score (nSPS) is 26.7. The Hall–Kier alpha value is -0.830. The van der Waals surface area contributed by atoms with Crippen LogP contribution in [-0.2, 0) is 11.2 Å². The van der Waals surface area contributed by atoms with Gasteiger partial charge in [-0.2, -0.15) is 0 Å². The third-order valence-corrected chi connectivity index (χ3v) is 4.81. The second kappa shape index (κ2) is 3.88. The van der Waals surface area contributed by atoms with Gasteiger partial charge in [-0.05, 0) is 24.0 Å². The summed E-state index contributed by atoms with van der Waals surface area (Å²) < 4.78 is 0. The Balaban J connectivity index is 2.17. The van der Waals surface area contributed by atoms with E-state index in [4.69, 9.17) is 5.11 Å². The lowest BCUT2D eigenvalue weighted by molar-refractivity contribution is -0.139. The Bertz CT molecular complexity index is 406. The van der Waals surface area contributed by atoms with Crippen LogP contribution >= 0.6 is 11.3 Å². The van der Waals surface area contributed by atoms with Gasteiger partial charge >= 0.3 is 5.97 Å². The van der Waals surface area contributed by atoms with E-state index < -0.39 is 5.97 Å². The van der Waals surface area contributed by atoms with Gasteiger partial charge in [0.15, 0.2) is 0 Å². The molecule has 2 rings (SSSR count). The number of carbonyl (C=O) groups is 1. The molecule has 1 saturated carbocycles. The Kier molecular flexibility index (Phi) is 2.82. The molecule has 0 saturated heterocycles. The van der Waals surface area contributed by atoms with Crippen molar-refractivity contribution in [1.82, 2.24) is 0 Å². The average Bonchev–Trinajstić information content (AvgIpc) is 2.57. The van der Waals surface area contributed by atoms with Crippen molar-refractivity contribution in [2.45, 2.75) is 39.5 Å². The molecule has 1 aromatic rings. The lowest BCUT2D eigenvalue weighted by Crippen LogP contribution is -2.02. The van der Waals surface area contributed by atoms with E-state index in [2.05, 4.69) is 32.9 Å². The molecule has 0 amide bonds. The summed E-state index contributed by atoms with van der Waals surface area (Å²) in [4.78, 5) is 13.7. The third-order valence-electron chi connectivity index (χ3n) is 3.58. The zero-order chi connectivity index (χ0) is 11.9. The number of carboxylic acid groups (broad SMARTS) is 1. The fraction of sp³-hybridized carbons (Fsp3) is 0.615. The Labute approximate surface area is 100 Å². The van der Waals surface area contributed by atoms with Crippen LogP contribution in [0.15, 0.2) is 12.1 Å². The highest BCUT2D eigenvalue weighted by Crippen LogP contribution is 2.65. The van der Waals surface area contributed by atoms with Crippen molar-refractivity contribution in [2.75, 3.05) is 0 Å². The number of aryl methyl sites for hydroxylation is 1. The van der Waals surface area contributed by atoms with Crippen molar-refractivity contribution < 1.29 is 9.90 Å². The van der Waals surface area contributed by atoms with Gasteiger partial charge in [-0.15, -0.1) is 11.3 Å². The van der Waals surface area contributed by atoms with Crippen LogP contribution in [0, 0.1) is 11.3 Å². The van der Waals surface area contributed by atoms with E-state index >= 15 is 0 Å². The second-order valence-electron chi connectivity index (χ2n) is 5.17. The highest BCUT2D eigenvalue weighted by molar-refractivity contribution is 7.12. The summed E-state index contributed by atoms with van der Waals surface area (Å²) in [7, 11) is 0. The number of hydrogen-bond donors (Lipinski definition) is 1. The van der Waals surface area contributed by atoms with Gasteiger partial charge < -0.3 is 5.11 Å². The van der Waals surface area contributed by atoms with E-state index in [1.165, 1.54) is 9.75 Å². The molecule has 2 atom stereocenters. The zero-order valence-corrected chi connectivity index (χ0v) is 10.8. The predicted octanol–water partition coefficient (Wildman–Crippen LogP) is 3.52. The first-order chi connectivity index (χ1) is 7.48. The fourth-order valence-electron chi connectivity index (χ4n) is 2.57. The summed E-state index contributed by atoms with van der Waals surface area (Å²) >= 11 is 1.79. The van der Waals surface area contributed by atoms with Crippen LogP contribution in [0.1, 0.15) is 42.9 Å². The molecule has 2 nitrogen and oxygen atoms in total. The maximum absolute atomic E-state index is 11.1. The quantitative estimate of drug-likeness (QED) is 0.871. The maximum atomic E-state index is 11.1. The van der Waals surface area contributed by atoms with Crippen LogP contribution in [0.3, 0.4) is 0 Å². The summed E-state index contributed by atoms with van der Waals surface area (Å²) in [6.07, 6.45) is 2.26. The second-order valence-corrected chi connectivity index (χ2v) is 6.37. The lowest BCUT2D eigenvalue weighted by atomic mass is 10.1. The summed E-state index contributed by atoms with van der Waals surface area (Å²) in [5.41, 5.74) is -0.0693. The Morgan fingerprint density at radius 1 is 1.50 bits per heavy atom. The van der Waals surface area contributed by atoms with E-state index in [9.17, 15) is 4.79 Å². The molecule has 1 aliphatic rings. The number of aliphatic carboxylic acids is 1. The number of rotatable bonds is 4. The smallest absolute Gasteiger partial charge is 0.307 e.